The molecule has 1 atom stereocenters. The summed E-state index contributed by atoms with van der Waals surface area (Å²) in [6, 6.07) is 2.12. The van der Waals surface area contributed by atoms with Crippen LogP contribution in [0.3, 0.4) is 0 Å². The Balaban J connectivity index is 1.82. The molecular formula is C21H21F5N6O2. The number of likely N-dealkylation sites (N-methyl/N-ethyl adjacent to an activating group) is 1. The van der Waals surface area contributed by atoms with Crippen molar-refractivity contribution >= 4 is 5.91 Å². The van der Waals surface area contributed by atoms with Crippen molar-refractivity contribution in [3.63, 3.8) is 0 Å². The van der Waals surface area contributed by atoms with Gasteiger partial charge >= 0.3 is 6.18 Å². The molecule has 0 aliphatic carbocycles. The maximum absolute atomic E-state index is 13.3. The van der Waals surface area contributed by atoms with Crippen LogP contribution in [0.15, 0.2) is 43.0 Å². The molecule has 0 N–H and O–H groups in total. The Hall–Kier alpha value is -3.64. The van der Waals surface area contributed by atoms with Gasteiger partial charge < -0.3 is 9.64 Å². The standard InChI is InChI=1S/C21H21F5N6O2/c1-4-31(13(2)12-34-18-11-27-17(10-28-18)20(3,22)23)19(33)15-9-14(21(24,25)26)5-6-16(15)32-29-7-8-30-32/h5-11,13H,4,12H2,1-3H3/t13-/m0/s1. The first-order valence-electron chi connectivity index (χ1n) is 10.1. The predicted octanol–water partition coefficient (Wildman–Crippen LogP) is 4.12. The summed E-state index contributed by atoms with van der Waals surface area (Å²) in [7, 11) is 0. The second-order valence-corrected chi connectivity index (χ2v) is 7.43. The third kappa shape index (κ3) is 5.64. The van der Waals surface area contributed by atoms with Gasteiger partial charge in [-0.15, -0.1) is 0 Å². The van der Waals surface area contributed by atoms with E-state index in [1.807, 2.05) is 0 Å². The molecule has 0 spiro atoms. The van der Waals surface area contributed by atoms with Crippen LogP contribution in [0.4, 0.5) is 22.0 Å². The van der Waals surface area contributed by atoms with Gasteiger partial charge in [-0.05, 0) is 32.0 Å². The van der Waals surface area contributed by atoms with Crippen LogP contribution in [-0.4, -0.2) is 55.0 Å². The minimum absolute atomic E-state index is 0.0381. The zero-order valence-corrected chi connectivity index (χ0v) is 18.4. The van der Waals surface area contributed by atoms with Gasteiger partial charge in [0.1, 0.15) is 12.3 Å². The molecule has 0 fully saturated rings. The minimum atomic E-state index is -4.66. The van der Waals surface area contributed by atoms with Crippen molar-refractivity contribution < 1.29 is 31.5 Å². The van der Waals surface area contributed by atoms with Gasteiger partial charge in [0.25, 0.3) is 11.8 Å². The third-order valence-electron chi connectivity index (χ3n) is 4.87. The molecule has 1 amide bonds. The largest absolute Gasteiger partial charge is 0.474 e. The van der Waals surface area contributed by atoms with Crippen LogP contribution in [0.1, 0.15) is 42.4 Å². The van der Waals surface area contributed by atoms with Gasteiger partial charge in [-0.25, -0.2) is 9.97 Å². The van der Waals surface area contributed by atoms with Crippen molar-refractivity contribution in [1.29, 1.82) is 0 Å². The maximum atomic E-state index is 13.3. The number of ether oxygens (including phenoxy) is 1. The Labute approximate surface area is 191 Å². The predicted molar refractivity (Wildman–Crippen MR) is 110 cm³/mol. The van der Waals surface area contributed by atoms with E-state index in [0.29, 0.717) is 6.92 Å². The lowest BCUT2D eigenvalue weighted by molar-refractivity contribution is -0.137. The molecule has 1 aromatic carbocycles. The number of halogens is 5. The summed E-state index contributed by atoms with van der Waals surface area (Å²) in [5.74, 6) is -3.89. The van der Waals surface area contributed by atoms with Crippen LogP contribution in [0, 0.1) is 0 Å². The Morgan fingerprint density at radius 2 is 1.79 bits per heavy atom. The summed E-state index contributed by atoms with van der Waals surface area (Å²) in [5, 5.41) is 7.82. The van der Waals surface area contributed by atoms with Gasteiger partial charge in [0.2, 0.25) is 5.88 Å². The molecule has 0 radical (unpaired) electrons. The third-order valence-corrected chi connectivity index (χ3v) is 4.87. The molecule has 0 saturated carbocycles. The van der Waals surface area contributed by atoms with Crippen LogP contribution in [-0.2, 0) is 12.1 Å². The van der Waals surface area contributed by atoms with Gasteiger partial charge in [-0.1, -0.05) is 0 Å². The molecule has 34 heavy (non-hydrogen) atoms. The van der Waals surface area contributed by atoms with Crippen LogP contribution in [0.5, 0.6) is 5.88 Å². The Morgan fingerprint density at radius 1 is 1.12 bits per heavy atom. The maximum Gasteiger partial charge on any atom is 0.416 e. The number of benzene rings is 1. The molecule has 0 saturated heterocycles. The average Bonchev–Trinajstić information content (AvgIpc) is 3.31. The van der Waals surface area contributed by atoms with Crippen molar-refractivity contribution in [3.8, 4) is 11.6 Å². The molecule has 2 aromatic heterocycles. The van der Waals surface area contributed by atoms with Crippen molar-refractivity contribution in [2.75, 3.05) is 13.2 Å². The second-order valence-electron chi connectivity index (χ2n) is 7.43. The van der Waals surface area contributed by atoms with Crippen molar-refractivity contribution in [1.82, 2.24) is 29.9 Å². The van der Waals surface area contributed by atoms with E-state index < -0.39 is 35.3 Å². The van der Waals surface area contributed by atoms with E-state index in [9.17, 15) is 26.7 Å². The molecule has 0 unspecified atom stereocenters. The van der Waals surface area contributed by atoms with E-state index in [-0.39, 0.29) is 30.3 Å². The molecule has 8 nitrogen and oxygen atoms in total. The number of carbonyl (C=O) groups excluding carboxylic acids is 1. The Morgan fingerprint density at radius 3 is 2.32 bits per heavy atom. The summed E-state index contributed by atoms with van der Waals surface area (Å²) < 4.78 is 71.9. The van der Waals surface area contributed by atoms with E-state index in [2.05, 4.69) is 20.2 Å². The molecular weight excluding hydrogens is 463 g/mol. The monoisotopic (exact) mass is 484 g/mol. The second kappa shape index (κ2) is 9.69. The number of amides is 1. The quantitative estimate of drug-likeness (QED) is 0.447. The van der Waals surface area contributed by atoms with Crippen molar-refractivity contribution in [2.24, 2.45) is 0 Å². The molecule has 2 heterocycles. The van der Waals surface area contributed by atoms with E-state index >= 15 is 0 Å². The molecule has 3 rings (SSSR count). The molecule has 3 aromatic rings. The van der Waals surface area contributed by atoms with E-state index in [1.54, 1.807) is 13.8 Å². The van der Waals surface area contributed by atoms with E-state index in [0.717, 1.165) is 35.4 Å². The zero-order valence-electron chi connectivity index (χ0n) is 18.4. The van der Waals surface area contributed by atoms with E-state index in [1.165, 1.54) is 17.3 Å². The van der Waals surface area contributed by atoms with Crippen LogP contribution >= 0.6 is 0 Å². The summed E-state index contributed by atoms with van der Waals surface area (Å²) in [4.78, 5) is 23.1. The normalized spacial score (nSPS) is 12.9. The first-order chi connectivity index (χ1) is 15.9. The SMILES string of the molecule is CCN(C(=O)c1cc(C(F)(F)F)ccc1-n1nccn1)[C@@H](C)COc1cnc(C(C)(F)F)cn1. The highest BCUT2D eigenvalue weighted by Crippen LogP contribution is 2.32. The first kappa shape index (κ1) is 25.0. The first-order valence-corrected chi connectivity index (χ1v) is 10.1. The number of rotatable bonds is 8. The zero-order chi connectivity index (χ0) is 25.1. The fourth-order valence-electron chi connectivity index (χ4n) is 3.12. The molecule has 0 aliphatic heterocycles. The highest BCUT2D eigenvalue weighted by Gasteiger charge is 2.33. The highest BCUT2D eigenvalue weighted by molar-refractivity contribution is 5.98. The Kier molecular flexibility index (Phi) is 7.12. The average molecular weight is 484 g/mol. The lowest BCUT2D eigenvalue weighted by Crippen LogP contribution is -2.42. The van der Waals surface area contributed by atoms with Crippen LogP contribution in [0.25, 0.3) is 5.69 Å². The van der Waals surface area contributed by atoms with Gasteiger partial charge in [-0.3, -0.25) is 4.79 Å². The van der Waals surface area contributed by atoms with Gasteiger partial charge in [0.15, 0.2) is 0 Å². The number of hydrogen-bond donors (Lipinski definition) is 0. The summed E-state index contributed by atoms with van der Waals surface area (Å²) in [5.41, 5.74) is -1.68. The number of nitrogens with zero attached hydrogens (tertiary/aromatic N) is 6. The summed E-state index contributed by atoms with van der Waals surface area (Å²) >= 11 is 0. The fourth-order valence-corrected chi connectivity index (χ4v) is 3.12. The molecule has 182 valence electrons. The summed E-state index contributed by atoms with van der Waals surface area (Å²) in [6.07, 6.45) is -0.0704. The molecule has 0 aliphatic rings. The van der Waals surface area contributed by atoms with Gasteiger partial charge in [-0.2, -0.15) is 36.9 Å². The highest BCUT2D eigenvalue weighted by atomic mass is 19.4. The molecule has 13 heteroatoms. The summed E-state index contributed by atoms with van der Waals surface area (Å²) in [6.45, 7) is 4.02. The lowest BCUT2D eigenvalue weighted by atomic mass is 10.1. The minimum Gasteiger partial charge on any atom is -0.474 e. The molecule has 0 bridgehead atoms. The van der Waals surface area contributed by atoms with Gasteiger partial charge in [0, 0.05) is 13.5 Å². The fraction of sp³-hybridized carbons (Fsp3) is 0.381. The van der Waals surface area contributed by atoms with E-state index in [4.69, 9.17) is 4.74 Å². The smallest absolute Gasteiger partial charge is 0.416 e. The number of aromatic nitrogens is 5. The lowest BCUT2D eigenvalue weighted by Gasteiger charge is -2.28. The van der Waals surface area contributed by atoms with Crippen molar-refractivity contribution in [2.45, 2.75) is 38.9 Å². The number of hydrogen-bond acceptors (Lipinski definition) is 6. The number of alkyl halides is 5. The van der Waals surface area contributed by atoms with Crippen LogP contribution in [0.2, 0.25) is 0 Å². The topological polar surface area (TPSA) is 86.0 Å². The Bertz CT molecular complexity index is 1110. The van der Waals surface area contributed by atoms with Gasteiger partial charge in [0.05, 0.1) is 47.6 Å². The number of carbonyl (C=O) groups is 1. The van der Waals surface area contributed by atoms with Crippen LogP contribution < -0.4 is 4.74 Å². The van der Waals surface area contributed by atoms with Crippen molar-refractivity contribution in [3.05, 3.63) is 59.8 Å².